The minimum Gasteiger partial charge on any atom is -0.486 e. The molecule has 0 bridgehead atoms. The summed E-state index contributed by atoms with van der Waals surface area (Å²) in [5.41, 5.74) is 7.73. The van der Waals surface area contributed by atoms with Crippen LogP contribution in [0.25, 0.3) is 10.9 Å². The number of H-pyrrole nitrogens is 1. The van der Waals surface area contributed by atoms with Gasteiger partial charge in [0.2, 0.25) is 5.91 Å². The van der Waals surface area contributed by atoms with Crippen LogP contribution in [0.1, 0.15) is 27.4 Å². The molecule has 3 N–H and O–H groups in total. The first-order chi connectivity index (χ1) is 15.3. The van der Waals surface area contributed by atoms with E-state index in [9.17, 15) is 9.59 Å². The zero-order valence-corrected chi connectivity index (χ0v) is 19.0. The van der Waals surface area contributed by atoms with E-state index < -0.39 is 5.91 Å². The molecule has 0 unspecified atom stereocenters. The third-order valence-electron chi connectivity index (χ3n) is 4.95. The van der Waals surface area contributed by atoms with Crippen LogP contribution in [0.2, 0.25) is 5.02 Å². The smallest absolute Gasteiger partial charge is 0.248 e. The standard InChI is InChI=1S/C22H20ClN5O3S/c1-12-7-15(4-5-17(12)23)31-10-20-26-27-22(28(20)2)32-11-14-9-19(29)16-8-13(21(24)30)3-6-18(16)25-14/h3-9H,10-11H2,1-2H3,(H2,24,30)(H,25,29). The molecule has 0 aliphatic heterocycles. The van der Waals surface area contributed by atoms with E-state index in [1.165, 1.54) is 23.9 Å². The zero-order chi connectivity index (χ0) is 22.8. The van der Waals surface area contributed by atoms with Gasteiger partial charge in [0, 0.05) is 46.0 Å². The Morgan fingerprint density at radius 1 is 1.22 bits per heavy atom. The highest BCUT2D eigenvalue weighted by Crippen LogP contribution is 2.24. The maximum Gasteiger partial charge on any atom is 0.248 e. The highest BCUT2D eigenvalue weighted by atomic mass is 35.5. The summed E-state index contributed by atoms with van der Waals surface area (Å²) in [5.74, 6) is 1.30. The number of carbonyl (C=O) groups is 1. The number of aryl methyl sites for hydroxylation is 1. The SMILES string of the molecule is Cc1cc(OCc2nnc(SCc3cc(=O)c4cc(C(N)=O)ccc4[nH]3)n2C)ccc1Cl. The molecule has 0 fully saturated rings. The number of hydrogen-bond acceptors (Lipinski definition) is 6. The Morgan fingerprint density at radius 2 is 2.03 bits per heavy atom. The first-order valence-corrected chi connectivity index (χ1v) is 11.0. The van der Waals surface area contributed by atoms with Crippen LogP contribution >= 0.6 is 23.4 Å². The highest BCUT2D eigenvalue weighted by Gasteiger charge is 2.12. The van der Waals surface area contributed by atoms with Gasteiger partial charge in [-0.2, -0.15) is 0 Å². The number of thioether (sulfide) groups is 1. The lowest BCUT2D eigenvalue weighted by molar-refractivity contribution is 0.100. The zero-order valence-electron chi connectivity index (χ0n) is 17.4. The van der Waals surface area contributed by atoms with Crippen molar-refractivity contribution in [1.29, 1.82) is 0 Å². The monoisotopic (exact) mass is 469 g/mol. The minimum absolute atomic E-state index is 0.178. The molecule has 4 rings (SSSR count). The van der Waals surface area contributed by atoms with Crippen molar-refractivity contribution in [1.82, 2.24) is 19.7 Å². The summed E-state index contributed by atoms with van der Waals surface area (Å²) < 4.78 is 7.66. The molecule has 0 saturated heterocycles. The van der Waals surface area contributed by atoms with Gasteiger partial charge in [-0.1, -0.05) is 23.4 Å². The van der Waals surface area contributed by atoms with Crippen molar-refractivity contribution in [3.63, 3.8) is 0 Å². The number of rotatable bonds is 7. The first-order valence-electron chi connectivity index (χ1n) is 9.67. The summed E-state index contributed by atoms with van der Waals surface area (Å²) in [5, 5.41) is 10.2. The second-order valence-electron chi connectivity index (χ2n) is 7.23. The second kappa shape index (κ2) is 9.05. The van der Waals surface area contributed by atoms with Crippen LogP contribution in [0.15, 0.2) is 52.4 Å². The average molecular weight is 470 g/mol. The van der Waals surface area contributed by atoms with Crippen molar-refractivity contribution in [2.75, 3.05) is 0 Å². The molecule has 0 radical (unpaired) electrons. The van der Waals surface area contributed by atoms with E-state index in [2.05, 4.69) is 15.2 Å². The fraction of sp³-hybridized carbons (Fsp3) is 0.182. The van der Waals surface area contributed by atoms with E-state index in [0.29, 0.717) is 44.0 Å². The molecule has 164 valence electrons. The number of carbonyl (C=O) groups excluding carboxylic acids is 1. The molecule has 0 spiro atoms. The van der Waals surface area contributed by atoms with E-state index >= 15 is 0 Å². The quantitative estimate of drug-likeness (QED) is 0.399. The van der Waals surface area contributed by atoms with Crippen LogP contribution < -0.4 is 15.9 Å². The number of aromatic nitrogens is 4. The van der Waals surface area contributed by atoms with Crippen molar-refractivity contribution < 1.29 is 9.53 Å². The molecule has 1 amide bonds. The maximum absolute atomic E-state index is 12.5. The van der Waals surface area contributed by atoms with Crippen molar-refractivity contribution >= 4 is 40.2 Å². The number of aromatic amines is 1. The predicted molar refractivity (Wildman–Crippen MR) is 124 cm³/mol. The van der Waals surface area contributed by atoms with Gasteiger partial charge in [-0.15, -0.1) is 10.2 Å². The van der Waals surface area contributed by atoms with Gasteiger partial charge in [0.25, 0.3) is 0 Å². The molecule has 4 aromatic rings. The number of hydrogen-bond donors (Lipinski definition) is 2. The summed E-state index contributed by atoms with van der Waals surface area (Å²) >= 11 is 7.49. The van der Waals surface area contributed by atoms with E-state index in [-0.39, 0.29) is 12.0 Å². The summed E-state index contributed by atoms with van der Waals surface area (Å²) in [4.78, 5) is 27.1. The number of primary amides is 1. The van der Waals surface area contributed by atoms with Crippen LogP contribution in [-0.4, -0.2) is 25.7 Å². The molecule has 2 aromatic heterocycles. The molecule has 10 heteroatoms. The van der Waals surface area contributed by atoms with Gasteiger partial charge in [0.1, 0.15) is 12.4 Å². The Kier molecular flexibility index (Phi) is 6.20. The number of pyridine rings is 1. The molecule has 0 aliphatic rings. The number of nitrogens with zero attached hydrogens (tertiary/aromatic N) is 3. The van der Waals surface area contributed by atoms with Crippen LogP contribution in [0.3, 0.4) is 0 Å². The highest BCUT2D eigenvalue weighted by molar-refractivity contribution is 7.98. The summed E-state index contributed by atoms with van der Waals surface area (Å²) in [7, 11) is 1.86. The van der Waals surface area contributed by atoms with Crippen LogP contribution in [0.4, 0.5) is 0 Å². The lowest BCUT2D eigenvalue weighted by Crippen LogP contribution is -2.12. The first kappa shape index (κ1) is 21.9. The lowest BCUT2D eigenvalue weighted by Gasteiger charge is -2.08. The van der Waals surface area contributed by atoms with Gasteiger partial charge in [-0.3, -0.25) is 9.59 Å². The molecule has 0 aliphatic carbocycles. The molecular weight excluding hydrogens is 450 g/mol. The molecule has 2 aromatic carbocycles. The van der Waals surface area contributed by atoms with Crippen molar-refractivity contribution in [3.8, 4) is 5.75 Å². The fourth-order valence-corrected chi connectivity index (χ4v) is 4.08. The van der Waals surface area contributed by atoms with Gasteiger partial charge in [0.05, 0.1) is 0 Å². The summed E-state index contributed by atoms with van der Waals surface area (Å²) in [6.45, 7) is 2.18. The molecule has 8 nitrogen and oxygen atoms in total. The third kappa shape index (κ3) is 4.63. The molecule has 32 heavy (non-hydrogen) atoms. The van der Waals surface area contributed by atoms with E-state index in [0.717, 1.165) is 11.3 Å². The van der Waals surface area contributed by atoms with Gasteiger partial charge in [-0.05, 0) is 48.9 Å². The van der Waals surface area contributed by atoms with Crippen molar-refractivity contribution in [3.05, 3.63) is 80.4 Å². The molecular formula is C22H20ClN5O3S. The van der Waals surface area contributed by atoms with E-state index in [4.69, 9.17) is 22.1 Å². The van der Waals surface area contributed by atoms with E-state index in [1.54, 1.807) is 18.2 Å². The minimum atomic E-state index is -0.570. The van der Waals surface area contributed by atoms with E-state index in [1.807, 2.05) is 30.7 Å². The topological polar surface area (TPSA) is 116 Å². The van der Waals surface area contributed by atoms with Gasteiger partial charge in [0.15, 0.2) is 16.4 Å². The number of fused-ring (bicyclic) bond motifs is 1. The number of benzene rings is 2. The predicted octanol–water partition coefficient (Wildman–Crippen LogP) is 3.59. The maximum atomic E-state index is 12.5. The summed E-state index contributed by atoms with van der Waals surface area (Å²) in [6.07, 6.45) is 0. The molecule has 0 saturated carbocycles. The second-order valence-corrected chi connectivity index (χ2v) is 8.58. The Bertz CT molecular complexity index is 1380. The van der Waals surface area contributed by atoms with Crippen LogP contribution in [-0.2, 0) is 19.4 Å². The molecule has 0 atom stereocenters. The van der Waals surface area contributed by atoms with Crippen LogP contribution in [0, 0.1) is 6.92 Å². The number of nitrogens with two attached hydrogens (primary N) is 1. The molecule has 2 heterocycles. The average Bonchev–Trinajstić information content (AvgIpc) is 3.12. The number of halogens is 1. The van der Waals surface area contributed by atoms with Gasteiger partial charge >= 0.3 is 0 Å². The number of ether oxygens (including phenoxy) is 1. The normalized spacial score (nSPS) is 11.1. The largest absolute Gasteiger partial charge is 0.486 e. The van der Waals surface area contributed by atoms with Crippen LogP contribution in [0.5, 0.6) is 5.75 Å². The fourth-order valence-electron chi connectivity index (χ4n) is 3.13. The number of nitrogens with one attached hydrogen (secondary N) is 1. The summed E-state index contributed by atoms with van der Waals surface area (Å²) in [6, 6.07) is 11.8. The lowest BCUT2D eigenvalue weighted by atomic mass is 10.1. The van der Waals surface area contributed by atoms with Gasteiger partial charge < -0.3 is 20.0 Å². The third-order valence-corrected chi connectivity index (χ3v) is 6.44. The Morgan fingerprint density at radius 3 is 2.78 bits per heavy atom. The Hall–Kier alpha value is -3.30. The van der Waals surface area contributed by atoms with Crippen molar-refractivity contribution in [2.45, 2.75) is 24.4 Å². The Balaban J connectivity index is 1.45. The van der Waals surface area contributed by atoms with Crippen molar-refractivity contribution in [2.24, 2.45) is 12.8 Å². The Labute approximate surface area is 192 Å². The number of amides is 1. The van der Waals surface area contributed by atoms with Gasteiger partial charge in [-0.25, -0.2) is 0 Å².